The van der Waals surface area contributed by atoms with Gasteiger partial charge in [0.25, 0.3) is 0 Å². The van der Waals surface area contributed by atoms with Crippen LogP contribution in [0.25, 0.3) is 0 Å². The van der Waals surface area contributed by atoms with Crippen molar-refractivity contribution in [1.82, 2.24) is 5.32 Å². The van der Waals surface area contributed by atoms with Crippen LogP contribution in [0.5, 0.6) is 0 Å². The molecule has 0 aromatic rings. The van der Waals surface area contributed by atoms with Gasteiger partial charge in [-0.2, -0.15) is 0 Å². The fourth-order valence-corrected chi connectivity index (χ4v) is 12.9. The predicted octanol–water partition coefficient (Wildman–Crippen LogP) is 12.8. The number of carbonyl (C=O) groups is 1. The molecule has 19 heteroatoms. The zero-order valence-electron chi connectivity index (χ0n) is 61.6. The number of aliphatic hydroxyl groups excluding tert-OH is 11. The first-order chi connectivity index (χ1) is 48.8. The van der Waals surface area contributed by atoms with Crippen LogP contribution in [0.3, 0.4) is 0 Å². The van der Waals surface area contributed by atoms with E-state index in [1.54, 1.807) is 0 Å². The van der Waals surface area contributed by atoms with Crippen molar-refractivity contribution >= 4 is 5.91 Å². The molecule has 0 aliphatic carbocycles. The molecule has 3 fully saturated rings. The Morgan fingerprint density at radius 3 is 1.08 bits per heavy atom. The number of amides is 1. The Morgan fingerprint density at radius 1 is 0.370 bits per heavy atom. The molecule has 0 bridgehead atoms. The van der Waals surface area contributed by atoms with Crippen LogP contribution < -0.4 is 5.32 Å². The second-order valence-corrected chi connectivity index (χ2v) is 27.8. The molecule has 0 saturated carbocycles. The lowest BCUT2D eigenvalue weighted by atomic mass is 9.96. The molecule has 578 valence electrons. The van der Waals surface area contributed by atoms with Crippen LogP contribution in [0, 0.1) is 0 Å². The monoisotopic (exact) mass is 1420 g/mol. The summed E-state index contributed by atoms with van der Waals surface area (Å²) in [6.45, 7) is 1.70. The van der Waals surface area contributed by atoms with Crippen LogP contribution in [0.1, 0.15) is 277 Å². The van der Waals surface area contributed by atoms with E-state index in [1.165, 1.54) is 135 Å². The van der Waals surface area contributed by atoms with Crippen molar-refractivity contribution < 1.29 is 89.4 Å². The highest BCUT2D eigenvalue weighted by atomic mass is 16.8. The summed E-state index contributed by atoms with van der Waals surface area (Å²) in [4.78, 5) is 13.5. The molecule has 0 radical (unpaired) electrons. The number of rotatable bonds is 61. The van der Waals surface area contributed by atoms with Crippen LogP contribution in [0.15, 0.2) is 97.2 Å². The van der Waals surface area contributed by atoms with Crippen molar-refractivity contribution in [3.63, 3.8) is 0 Å². The first-order valence-electron chi connectivity index (χ1n) is 39.5. The van der Waals surface area contributed by atoms with Gasteiger partial charge in [0.2, 0.25) is 5.91 Å². The minimum absolute atomic E-state index is 0.249. The molecule has 19 nitrogen and oxygen atoms in total. The van der Waals surface area contributed by atoms with Gasteiger partial charge in [-0.3, -0.25) is 4.79 Å². The number of ether oxygens (including phenoxy) is 6. The van der Waals surface area contributed by atoms with Crippen LogP contribution >= 0.6 is 0 Å². The lowest BCUT2D eigenvalue weighted by Crippen LogP contribution is -2.66. The minimum atomic E-state index is -1.98. The van der Waals surface area contributed by atoms with Crippen molar-refractivity contribution in [1.29, 1.82) is 0 Å². The standard InChI is InChI=1S/C81H141NO18/c1-3-5-7-9-11-13-15-17-19-21-23-25-26-27-28-29-30-31-32-33-34-35-36-37-38-39-41-43-45-47-49-51-53-55-57-59-69(87)82-64(65(86)58-56-54-52-50-48-46-44-42-40-24-22-20-18-16-14-12-10-8-6-4-2)63-95-79-75(93)72(90)77(67(61-84)97-79)100-81-76(94)73(91)78(68(62-85)98-81)99-80-74(92)71(89)70(88)66(60-83)96-80/h5,7,11,13,17,19,23,25,27-28,30-31,33-34,36-37,64-68,70-81,83-86,88-94H,3-4,6,8-10,12,14-16,18,20-22,24,26,29,32,35,38-63H2,1-2H3,(H,82,87)/b7-5-,13-11-,19-17-,25-23-,28-27-,31-30-,34-33-,37-36-. The smallest absolute Gasteiger partial charge is 0.220 e. The largest absolute Gasteiger partial charge is 0.394 e. The molecule has 17 atom stereocenters. The van der Waals surface area contributed by atoms with E-state index in [0.29, 0.717) is 12.8 Å². The number of hydrogen-bond donors (Lipinski definition) is 12. The molecule has 3 saturated heterocycles. The van der Waals surface area contributed by atoms with Crippen LogP contribution in [0.2, 0.25) is 0 Å². The molecule has 3 aliphatic heterocycles. The van der Waals surface area contributed by atoms with Crippen molar-refractivity contribution in [3.05, 3.63) is 97.2 Å². The molecule has 12 N–H and O–H groups in total. The zero-order chi connectivity index (χ0) is 72.5. The second-order valence-electron chi connectivity index (χ2n) is 27.8. The van der Waals surface area contributed by atoms with E-state index in [2.05, 4.69) is 116 Å². The fraction of sp³-hybridized carbons (Fsp3) is 0.790. The molecule has 0 aromatic carbocycles. The van der Waals surface area contributed by atoms with Gasteiger partial charge in [-0.05, 0) is 77.0 Å². The summed E-state index contributed by atoms with van der Waals surface area (Å²) in [6.07, 6.45) is 54.8. The number of unbranched alkanes of at least 4 members (excludes halogenated alkanes) is 29. The third kappa shape index (κ3) is 40.8. The van der Waals surface area contributed by atoms with Gasteiger partial charge in [0.1, 0.15) is 73.2 Å². The lowest BCUT2D eigenvalue weighted by Gasteiger charge is -2.48. The highest BCUT2D eigenvalue weighted by Gasteiger charge is 2.54. The molecule has 100 heavy (non-hydrogen) atoms. The minimum Gasteiger partial charge on any atom is -0.394 e. The average Bonchev–Trinajstić information content (AvgIpc) is 0.783. The van der Waals surface area contributed by atoms with Gasteiger partial charge in [0, 0.05) is 6.42 Å². The predicted molar refractivity (Wildman–Crippen MR) is 397 cm³/mol. The summed E-state index contributed by atoms with van der Waals surface area (Å²) in [7, 11) is 0. The molecular weight excluding hydrogens is 1270 g/mol. The topological polar surface area (TPSA) is 307 Å². The number of hydrogen-bond acceptors (Lipinski definition) is 18. The highest BCUT2D eigenvalue weighted by molar-refractivity contribution is 5.76. The summed E-state index contributed by atoms with van der Waals surface area (Å²) < 4.78 is 34.5. The summed E-state index contributed by atoms with van der Waals surface area (Å²) in [5, 5.41) is 121. The molecular formula is C81H141NO18. The SMILES string of the molecule is CC/C=C\C/C=C\C/C=C\C/C=C\C/C=C\C/C=C\C/C=C\C/C=C\CCCCCCCCCCCCC(=O)NC(COC1OC(CO)C(OC2OC(CO)C(OC3OC(CO)C(O)C(O)C3O)C(O)C2O)C(O)C1O)C(O)CCCCCCCCCCCCCCCCCCCCCC. The van der Waals surface area contributed by atoms with E-state index in [0.717, 1.165) is 109 Å². The average molecular weight is 1420 g/mol. The van der Waals surface area contributed by atoms with Gasteiger partial charge in [-0.1, -0.05) is 291 Å². The van der Waals surface area contributed by atoms with E-state index < -0.39 is 124 Å². The summed E-state index contributed by atoms with van der Waals surface area (Å²) in [5.74, 6) is -0.249. The van der Waals surface area contributed by atoms with Gasteiger partial charge < -0.3 is 89.9 Å². The van der Waals surface area contributed by atoms with E-state index in [4.69, 9.17) is 28.4 Å². The van der Waals surface area contributed by atoms with Gasteiger partial charge >= 0.3 is 0 Å². The van der Waals surface area contributed by atoms with Crippen molar-refractivity contribution in [3.8, 4) is 0 Å². The Kier molecular flexibility index (Phi) is 55.4. The quantitative estimate of drug-likeness (QED) is 0.0199. The van der Waals surface area contributed by atoms with Gasteiger partial charge in [0.15, 0.2) is 18.9 Å². The molecule has 1 amide bonds. The van der Waals surface area contributed by atoms with Crippen LogP contribution in [0.4, 0.5) is 0 Å². The van der Waals surface area contributed by atoms with E-state index in [1.807, 2.05) is 0 Å². The maximum Gasteiger partial charge on any atom is 0.220 e. The number of carbonyl (C=O) groups excluding carboxylic acids is 1. The summed E-state index contributed by atoms with van der Waals surface area (Å²) in [5.41, 5.74) is 0. The summed E-state index contributed by atoms with van der Waals surface area (Å²) in [6, 6.07) is -0.897. The van der Waals surface area contributed by atoms with Crippen LogP contribution in [-0.4, -0.2) is 193 Å². The van der Waals surface area contributed by atoms with E-state index in [-0.39, 0.29) is 18.9 Å². The Morgan fingerprint density at radius 2 is 0.690 bits per heavy atom. The van der Waals surface area contributed by atoms with Crippen molar-refractivity contribution in [2.75, 3.05) is 26.4 Å². The maximum atomic E-state index is 13.5. The lowest BCUT2D eigenvalue weighted by molar-refractivity contribution is -0.379. The van der Waals surface area contributed by atoms with E-state index in [9.17, 15) is 61.0 Å². The highest BCUT2D eigenvalue weighted by Crippen LogP contribution is 2.33. The molecule has 17 unspecified atom stereocenters. The number of aliphatic hydroxyl groups is 11. The number of allylic oxidation sites excluding steroid dienone is 16. The molecule has 0 aromatic heterocycles. The third-order valence-corrected chi connectivity index (χ3v) is 19.2. The van der Waals surface area contributed by atoms with Gasteiger partial charge in [-0.15, -0.1) is 0 Å². The van der Waals surface area contributed by atoms with Crippen molar-refractivity contribution in [2.24, 2.45) is 0 Å². The Balaban J connectivity index is 1.36. The first kappa shape index (κ1) is 90.9. The van der Waals surface area contributed by atoms with Crippen LogP contribution in [-0.2, 0) is 33.2 Å². The van der Waals surface area contributed by atoms with Crippen molar-refractivity contribution in [2.45, 2.75) is 381 Å². The molecule has 3 heterocycles. The first-order valence-corrected chi connectivity index (χ1v) is 39.5. The molecule has 3 aliphatic rings. The Bertz CT molecular complexity index is 2190. The summed E-state index contributed by atoms with van der Waals surface area (Å²) >= 11 is 0. The van der Waals surface area contributed by atoms with Gasteiger partial charge in [-0.25, -0.2) is 0 Å². The van der Waals surface area contributed by atoms with Gasteiger partial charge in [0.05, 0.1) is 38.6 Å². The second kappa shape index (κ2) is 60.9. The zero-order valence-corrected chi connectivity index (χ0v) is 61.6. The third-order valence-electron chi connectivity index (χ3n) is 19.2. The van der Waals surface area contributed by atoms with E-state index >= 15 is 0 Å². The maximum absolute atomic E-state index is 13.5. The fourth-order valence-electron chi connectivity index (χ4n) is 12.9. The molecule has 0 spiro atoms. The Hall–Kier alpha value is -3.29. The number of nitrogens with one attached hydrogen (secondary N) is 1. The normalized spacial score (nSPS) is 27.0. The molecule has 3 rings (SSSR count). The Labute approximate surface area is 603 Å².